The van der Waals surface area contributed by atoms with Crippen LogP contribution in [0.4, 0.5) is 4.39 Å². The Labute approximate surface area is 464 Å². The number of carbonyl (C=O) groups is 7. The molecule has 0 saturated carbocycles. The van der Waals surface area contributed by atoms with Crippen molar-refractivity contribution >= 4 is 41.8 Å². The molecule has 410 valence electrons. The first-order chi connectivity index (χ1) is 37.6. The summed E-state index contributed by atoms with van der Waals surface area (Å²) < 4.78 is 50.6. The molecule has 0 bridgehead atoms. The third kappa shape index (κ3) is 18.8. The van der Waals surface area contributed by atoms with Crippen molar-refractivity contribution in [2.24, 2.45) is 0 Å². The zero-order valence-electron chi connectivity index (χ0n) is 45.7. The van der Waals surface area contributed by atoms with Crippen molar-refractivity contribution < 1.29 is 71.1 Å². The van der Waals surface area contributed by atoms with Gasteiger partial charge in [0.2, 0.25) is 0 Å². The molecule has 0 atom stereocenters. The van der Waals surface area contributed by atoms with E-state index in [4.69, 9.17) is 33.2 Å². The van der Waals surface area contributed by atoms with Crippen LogP contribution in [-0.4, -0.2) is 41.8 Å². The maximum absolute atomic E-state index is 14.3. The largest absolute Gasteiger partial charge is 0.423 e. The SMILES string of the molecule is C=C(C)C(=O)Oc1ccc(-c2ccc(OC(=O)C(=C)C)c(C)c2)cc1.C=C(C)C(=O)Oc1ccc(-c2ccc(OC(=O)C(=C)C)c(OC(=O)C(=C)C)c2)cc1.C=C(C)C(=O)Oc1ccc(-c2ccc(OC(=O)C(=C)C)cc2F)cc1. The molecule has 14 nitrogen and oxygen atoms in total. The van der Waals surface area contributed by atoms with Gasteiger partial charge in [0, 0.05) is 50.6 Å². The lowest BCUT2D eigenvalue weighted by atomic mass is 10.0. The molecule has 0 aliphatic heterocycles. The van der Waals surface area contributed by atoms with Crippen molar-refractivity contribution in [1.82, 2.24) is 0 Å². The van der Waals surface area contributed by atoms with Crippen molar-refractivity contribution in [3.63, 3.8) is 0 Å². The number of aryl methyl sites for hydroxylation is 1. The second-order valence-electron chi connectivity index (χ2n) is 18.0. The molecular weight excluding hydrogens is 1020 g/mol. The number of hydrogen-bond donors (Lipinski definition) is 0. The van der Waals surface area contributed by atoms with E-state index in [-0.39, 0.29) is 39.5 Å². The van der Waals surface area contributed by atoms with Gasteiger partial charge < -0.3 is 33.2 Å². The standard InChI is InChI=1S/C24H22O6.C21H20O4.C20H17FO4/c1-14(2)22(25)28-19-10-7-17(8-11-19)18-9-12-20(29-23(26)15(3)4)21(13-18)30-24(27)16(5)6;1-13(2)20(22)24-18-9-6-16(7-10-18)17-8-11-19(15(5)12-17)25-21(23)14(3)4;1-12(2)19(22)24-15-7-5-14(6-8-15)17-10-9-16(11-18(17)21)25-20(23)13(3)4/h7-13H,1,3,5H2,2,4,6H3;6-12H,1,3H2,2,4-5H3;5-11H,1,3H2,2,4H3. The number of carbonyl (C=O) groups excluding carboxylic acids is 7. The topological polar surface area (TPSA) is 184 Å². The van der Waals surface area contributed by atoms with Crippen LogP contribution in [0.2, 0.25) is 0 Å². The van der Waals surface area contributed by atoms with Gasteiger partial charge in [0.1, 0.15) is 34.6 Å². The van der Waals surface area contributed by atoms with Crippen LogP contribution in [0.5, 0.6) is 40.2 Å². The minimum atomic E-state index is -0.651. The van der Waals surface area contributed by atoms with Gasteiger partial charge in [-0.2, -0.15) is 0 Å². The molecule has 0 N–H and O–H groups in total. The van der Waals surface area contributed by atoms with Crippen molar-refractivity contribution in [3.05, 3.63) is 224 Å². The Hall–Kier alpha value is -10.3. The number of halogens is 1. The molecule has 15 heteroatoms. The van der Waals surface area contributed by atoms with Crippen LogP contribution in [0.25, 0.3) is 33.4 Å². The molecule has 80 heavy (non-hydrogen) atoms. The molecule has 0 unspecified atom stereocenters. The van der Waals surface area contributed by atoms with Crippen LogP contribution >= 0.6 is 0 Å². The van der Waals surface area contributed by atoms with E-state index in [9.17, 15) is 38.0 Å². The highest BCUT2D eigenvalue weighted by Gasteiger charge is 2.18. The van der Waals surface area contributed by atoms with Crippen LogP contribution in [0.15, 0.2) is 212 Å². The minimum Gasteiger partial charge on any atom is -0.423 e. The highest BCUT2D eigenvalue weighted by molar-refractivity contribution is 5.93. The predicted molar refractivity (Wildman–Crippen MR) is 303 cm³/mol. The van der Waals surface area contributed by atoms with Gasteiger partial charge in [-0.05, 0) is 162 Å². The van der Waals surface area contributed by atoms with Crippen LogP contribution in [-0.2, 0) is 33.6 Å². The van der Waals surface area contributed by atoms with E-state index in [0.29, 0.717) is 56.4 Å². The summed E-state index contributed by atoms with van der Waals surface area (Å²) in [5.41, 5.74) is 7.02. The highest BCUT2D eigenvalue weighted by Crippen LogP contribution is 2.35. The average Bonchev–Trinajstić information content (AvgIpc) is 3.40. The van der Waals surface area contributed by atoms with Crippen LogP contribution in [0.3, 0.4) is 0 Å². The predicted octanol–water partition coefficient (Wildman–Crippen LogP) is 13.9. The van der Waals surface area contributed by atoms with Crippen LogP contribution in [0.1, 0.15) is 54.0 Å². The molecule has 0 aliphatic rings. The fourth-order valence-corrected chi connectivity index (χ4v) is 6.06. The highest BCUT2D eigenvalue weighted by atomic mass is 19.1. The molecule has 0 spiro atoms. The third-order valence-electron chi connectivity index (χ3n) is 10.5. The van der Waals surface area contributed by atoms with E-state index in [0.717, 1.165) is 28.3 Å². The minimum absolute atomic E-state index is 0.0629. The normalized spacial score (nSPS) is 10.0. The lowest BCUT2D eigenvalue weighted by Crippen LogP contribution is -2.12. The fraction of sp³-hybridized carbons (Fsp3) is 0.123. The van der Waals surface area contributed by atoms with E-state index >= 15 is 0 Å². The van der Waals surface area contributed by atoms with Crippen LogP contribution < -0.4 is 33.2 Å². The van der Waals surface area contributed by atoms with Gasteiger partial charge in [-0.15, -0.1) is 0 Å². The van der Waals surface area contributed by atoms with Gasteiger partial charge in [-0.1, -0.05) is 94.6 Å². The maximum Gasteiger partial charge on any atom is 0.338 e. The van der Waals surface area contributed by atoms with Crippen molar-refractivity contribution in [3.8, 4) is 73.6 Å². The number of hydrogen-bond acceptors (Lipinski definition) is 14. The Bertz CT molecular complexity index is 3470. The summed E-state index contributed by atoms with van der Waals surface area (Å²) >= 11 is 0. The number of rotatable bonds is 17. The summed E-state index contributed by atoms with van der Waals surface area (Å²) in [5, 5.41) is 0. The molecule has 0 radical (unpaired) electrons. The smallest absolute Gasteiger partial charge is 0.338 e. The molecule has 6 rings (SSSR count). The summed E-state index contributed by atoms with van der Waals surface area (Å²) in [6.07, 6.45) is 0. The number of esters is 7. The molecular formula is C65H59FO14. The third-order valence-corrected chi connectivity index (χ3v) is 10.5. The molecule has 0 fully saturated rings. The molecule has 0 aromatic heterocycles. The average molecular weight is 1080 g/mol. The first-order valence-corrected chi connectivity index (χ1v) is 24.1. The second-order valence-corrected chi connectivity index (χ2v) is 18.0. The van der Waals surface area contributed by atoms with E-state index in [1.54, 1.807) is 107 Å². The lowest BCUT2D eigenvalue weighted by Gasteiger charge is -2.13. The van der Waals surface area contributed by atoms with Gasteiger partial charge in [-0.25, -0.2) is 38.0 Å². The number of ether oxygens (including phenoxy) is 7. The molecule has 6 aromatic carbocycles. The molecule has 0 saturated heterocycles. The first-order valence-electron chi connectivity index (χ1n) is 24.1. The van der Waals surface area contributed by atoms with Gasteiger partial charge in [0.05, 0.1) is 0 Å². The van der Waals surface area contributed by atoms with Crippen LogP contribution in [0, 0.1) is 12.7 Å². The summed E-state index contributed by atoms with van der Waals surface area (Å²) in [4.78, 5) is 81.6. The van der Waals surface area contributed by atoms with Gasteiger partial charge in [-0.3, -0.25) is 0 Å². The van der Waals surface area contributed by atoms with Gasteiger partial charge >= 0.3 is 41.8 Å². The molecule has 6 aromatic rings. The van der Waals surface area contributed by atoms with E-state index in [2.05, 4.69) is 46.1 Å². The Kier molecular flexibility index (Phi) is 22.4. The van der Waals surface area contributed by atoms with E-state index in [1.807, 2.05) is 31.2 Å². The Morgan fingerprint density at radius 2 is 0.575 bits per heavy atom. The van der Waals surface area contributed by atoms with Crippen molar-refractivity contribution in [2.45, 2.75) is 55.4 Å². The summed E-state index contributed by atoms with van der Waals surface area (Å²) in [7, 11) is 0. The van der Waals surface area contributed by atoms with E-state index in [1.165, 1.54) is 39.0 Å². The van der Waals surface area contributed by atoms with Gasteiger partial charge in [0.25, 0.3) is 0 Å². The van der Waals surface area contributed by atoms with Gasteiger partial charge in [0.15, 0.2) is 11.5 Å². The Balaban J connectivity index is 0.000000260. The fourth-order valence-electron chi connectivity index (χ4n) is 6.06. The summed E-state index contributed by atoms with van der Waals surface area (Å²) in [6, 6.07) is 34.7. The molecule has 0 heterocycles. The van der Waals surface area contributed by atoms with Crippen molar-refractivity contribution in [1.29, 1.82) is 0 Å². The molecule has 0 amide bonds. The molecule has 0 aliphatic carbocycles. The zero-order valence-corrected chi connectivity index (χ0v) is 45.7. The zero-order chi connectivity index (χ0) is 59.5. The van der Waals surface area contributed by atoms with E-state index < -0.39 is 47.6 Å². The second kappa shape index (κ2) is 28.7. The summed E-state index contributed by atoms with van der Waals surface area (Å²) in [6.45, 7) is 37.4. The van der Waals surface area contributed by atoms with Crippen molar-refractivity contribution in [2.75, 3.05) is 0 Å². The monoisotopic (exact) mass is 1080 g/mol. The maximum atomic E-state index is 14.3. The number of benzene rings is 6. The Morgan fingerprint density at radius 1 is 0.300 bits per heavy atom. The first kappa shape index (κ1) is 62.3. The summed E-state index contributed by atoms with van der Waals surface area (Å²) in [5.74, 6) is -2.48. The Morgan fingerprint density at radius 3 is 0.925 bits per heavy atom. The lowest BCUT2D eigenvalue weighted by molar-refractivity contribution is -0.132. The quantitative estimate of drug-likeness (QED) is 0.0477.